The number of anilines is 2. The van der Waals surface area contributed by atoms with Crippen LogP contribution in [0.5, 0.6) is 0 Å². The highest BCUT2D eigenvalue weighted by atomic mass is 32.1. The third-order valence-electron chi connectivity index (χ3n) is 8.86. The fourth-order valence-electron chi connectivity index (χ4n) is 6.77. The van der Waals surface area contributed by atoms with Crippen molar-refractivity contribution < 1.29 is 0 Å². The maximum absolute atomic E-state index is 4.96. The van der Waals surface area contributed by atoms with Crippen LogP contribution >= 0.6 is 11.3 Å². The highest BCUT2D eigenvalue weighted by molar-refractivity contribution is 7.19. The summed E-state index contributed by atoms with van der Waals surface area (Å²) in [6.07, 6.45) is 12.0. The van der Waals surface area contributed by atoms with Gasteiger partial charge in [0, 0.05) is 49.6 Å². The standard InChI is InChI=1S/C39H28N4S/c1-3-11-25(12-4-1)37-40-38(26-13-5-2-6-14-26)42-39(41-37)27-19-21-28(22-20-27)43-33-17-9-7-15-29(33)31-23-32-30-16-8-10-18-35(30)44-36(32)24-34(31)43/h1,3-5,7-23,34H,2,6,24H2. The van der Waals surface area contributed by atoms with E-state index in [-0.39, 0.29) is 6.04 Å². The number of allylic oxidation sites excluding steroid dienone is 4. The van der Waals surface area contributed by atoms with Gasteiger partial charge in [0.25, 0.3) is 0 Å². The van der Waals surface area contributed by atoms with E-state index in [0.717, 1.165) is 41.8 Å². The normalized spacial score (nSPS) is 16.7. The van der Waals surface area contributed by atoms with Crippen LogP contribution in [0, 0.1) is 0 Å². The summed E-state index contributed by atoms with van der Waals surface area (Å²) < 4.78 is 1.37. The minimum Gasteiger partial charge on any atom is -0.333 e. The van der Waals surface area contributed by atoms with Crippen molar-refractivity contribution >= 4 is 50.0 Å². The average molecular weight is 585 g/mol. The smallest absolute Gasteiger partial charge is 0.164 e. The Morgan fingerprint density at radius 3 is 2.23 bits per heavy atom. The van der Waals surface area contributed by atoms with Crippen LogP contribution in [0.2, 0.25) is 0 Å². The summed E-state index contributed by atoms with van der Waals surface area (Å²) in [5.41, 5.74) is 9.59. The Kier molecular flexibility index (Phi) is 5.91. The van der Waals surface area contributed by atoms with Crippen molar-refractivity contribution in [1.82, 2.24) is 15.0 Å². The molecule has 0 N–H and O–H groups in total. The van der Waals surface area contributed by atoms with Gasteiger partial charge in [-0.1, -0.05) is 85.0 Å². The summed E-state index contributed by atoms with van der Waals surface area (Å²) in [4.78, 5) is 18.8. The minimum absolute atomic E-state index is 0.261. The number of hydrogen-bond acceptors (Lipinski definition) is 5. The van der Waals surface area contributed by atoms with Gasteiger partial charge in [-0.15, -0.1) is 11.3 Å². The van der Waals surface area contributed by atoms with Crippen molar-refractivity contribution in [3.63, 3.8) is 0 Å². The molecular weight excluding hydrogens is 557 g/mol. The first-order valence-electron chi connectivity index (χ1n) is 15.2. The molecular formula is C39H28N4S. The summed E-state index contributed by atoms with van der Waals surface area (Å²) in [5, 5.41) is 1.37. The number of rotatable bonds is 4. The van der Waals surface area contributed by atoms with Crippen molar-refractivity contribution in [2.24, 2.45) is 0 Å². The summed E-state index contributed by atoms with van der Waals surface area (Å²) in [6.45, 7) is 0. The molecule has 0 amide bonds. The van der Waals surface area contributed by atoms with E-state index >= 15 is 0 Å². The highest BCUT2D eigenvalue weighted by Gasteiger charge is 2.38. The van der Waals surface area contributed by atoms with Crippen LogP contribution in [-0.4, -0.2) is 21.0 Å². The maximum atomic E-state index is 4.96. The first kappa shape index (κ1) is 25.4. The van der Waals surface area contributed by atoms with E-state index in [2.05, 4.69) is 114 Å². The van der Waals surface area contributed by atoms with Crippen molar-refractivity contribution in [2.45, 2.75) is 25.3 Å². The topological polar surface area (TPSA) is 41.9 Å². The molecule has 5 heteroatoms. The molecule has 1 unspecified atom stereocenters. The fourth-order valence-corrected chi connectivity index (χ4v) is 7.99. The Morgan fingerprint density at radius 1 is 0.682 bits per heavy atom. The lowest BCUT2D eigenvalue weighted by Crippen LogP contribution is -2.30. The number of aromatic nitrogens is 3. The van der Waals surface area contributed by atoms with Gasteiger partial charge in [-0.3, -0.25) is 0 Å². The number of hydrogen-bond donors (Lipinski definition) is 0. The van der Waals surface area contributed by atoms with Crippen LogP contribution in [-0.2, 0) is 6.42 Å². The van der Waals surface area contributed by atoms with Gasteiger partial charge in [0.2, 0.25) is 0 Å². The minimum atomic E-state index is 0.261. The maximum Gasteiger partial charge on any atom is 0.164 e. The Bertz CT molecular complexity index is 2150. The van der Waals surface area contributed by atoms with E-state index in [0.29, 0.717) is 11.6 Å². The highest BCUT2D eigenvalue weighted by Crippen LogP contribution is 2.51. The number of benzene rings is 4. The molecule has 0 saturated carbocycles. The molecule has 0 radical (unpaired) electrons. The van der Waals surface area contributed by atoms with Crippen LogP contribution < -0.4 is 4.90 Å². The molecule has 1 aliphatic heterocycles. The summed E-state index contributed by atoms with van der Waals surface area (Å²) in [7, 11) is 0. The number of nitrogens with zero attached hydrogens (tertiary/aromatic N) is 4. The van der Waals surface area contributed by atoms with Crippen molar-refractivity contribution in [2.75, 3.05) is 4.90 Å². The predicted octanol–water partition coefficient (Wildman–Crippen LogP) is 9.77. The molecule has 1 atom stereocenters. The number of thiophene rings is 1. The lowest BCUT2D eigenvalue weighted by Gasteiger charge is -2.30. The van der Waals surface area contributed by atoms with Gasteiger partial charge < -0.3 is 4.90 Å². The van der Waals surface area contributed by atoms with Gasteiger partial charge >= 0.3 is 0 Å². The molecule has 0 saturated heterocycles. The Morgan fingerprint density at radius 2 is 1.41 bits per heavy atom. The second kappa shape index (κ2) is 10.2. The third-order valence-corrected chi connectivity index (χ3v) is 10.1. The molecule has 3 aliphatic rings. The van der Waals surface area contributed by atoms with Crippen LogP contribution in [0.1, 0.15) is 34.7 Å². The van der Waals surface area contributed by atoms with Gasteiger partial charge in [-0.25, -0.2) is 15.0 Å². The quantitative estimate of drug-likeness (QED) is 0.207. The number of para-hydroxylation sites is 1. The predicted molar refractivity (Wildman–Crippen MR) is 183 cm³/mol. The van der Waals surface area contributed by atoms with Crippen LogP contribution in [0.4, 0.5) is 11.4 Å². The molecule has 0 bridgehead atoms. The fraction of sp³-hybridized carbons (Fsp3) is 0.103. The molecule has 210 valence electrons. The van der Waals surface area contributed by atoms with E-state index < -0.39 is 0 Å². The van der Waals surface area contributed by atoms with Crippen molar-refractivity contribution in [3.8, 4) is 22.8 Å². The van der Waals surface area contributed by atoms with E-state index in [9.17, 15) is 0 Å². The molecule has 44 heavy (non-hydrogen) atoms. The van der Waals surface area contributed by atoms with Gasteiger partial charge in [0.1, 0.15) is 0 Å². The van der Waals surface area contributed by atoms with E-state index in [4.69, 9.17) is 15.0 Å². The zero-order chi connectivity index (χ0) is 29.0. The lowest BCUT2D eigenvalue weighted by atomic mass is 9.90. The van der Waals surface area contributed by atoms with Crippen LogP contribution in [0.25, 0.3) is 50.1 Å². The third kappa shape index (κ3) is 4.15. The summed E-state index contributed by atoms with van der Waals surface area (Å²) in [5.74, 6) is 2.10. The molecule has 0 fully saturated rings. The van der Waals surface area contributed by atoms with E-state index in [1.165, 1.54) is 43.0 Å². The molecule has 2 aliphatic carbocycles. The van der Waals surface area contributed by atoms with E-state index in [1.807, 2.05) is 29.5 Å². The Hall–Kier alpha value is -5.13. The van der Waals surface area contributed by atoms with Crippen LogP contribution in [0.15, 0.2) is 121 Å². The molecule has 4 nitrogen and oxygen atoms in total. The van der Waals surface area contributed by atoms with Crippen molar-refractivity contribution in [1.29, 1.82) is 0 Å². The average Bonchev–Trinajstić information content (AvgIpc) is 3.62. The van der Waals surface area contributed by atoms with Crippen molar-refractivity contribution in [3.05, 3.63) is 143 Å². The molecule has 6 aromatic rings. The Labute approximate surface area is 260 Å². The zero-order valence-corrected chi connectivity index (χ0v) is 24.8. The first-order chi connectivity index (χ1) is 21.8. The first-order valence-corrected chi connectivity index (χ1v) is 16.0. The van der Waals surface area contributed by atoms with Crippen LogP contribution in [0.3, 0.4) is 0 Å². The van der Waals surface area contributed by atoms with E-state index in [1.54, 1.807) is 0 Å². The SMILES string of the molecule is C1=CC(c2nc(-c3ccccc3)nc(-c3ccc(N4c5ccccc5C5=Cc6c(sc7ccccc67)CC54)cc3)n2)=CCC1. The monoisotopic (exact) mass is 584 g/mol. The van der Waals surface area contributed by atoms with Gasteiger partial charge in [0.15, 0.2) is 17.5 Å². The molecule has 4 aromatic carbocycles. The largest absolute Gasteiger partial charge is 0.333 e. The molecule has 3 heterocycles. The zero-order valence-electron chi connectivity index (χ0n) is 24.0. The second-order valence-corrected chi connectivity index (χ2v) is 12.6. The second-order valence-electron chi connectivity index (χ2n) is 11.5. The molecule has 0 spiro atoms. The number of fused-ring (bicyclic) bond motifs is 6. The van der Waals surface area contributed by atoms with Gasteiger partial charge in [-0.2, -0.15) is 0 Å². The Balaban J connectivity index is 1.12. The molecule has 2 aromatic heterocycles. The molecule has 9 rings (SSSR count). The van der Waals surface area contributed by atoms with Gasteiger partial charge in [-0.05, 0) is 71.8 Å². The van der Waals surface area contributed by atoms with Gasteiger partial charge in [0.05, 0.1) is 6.04 Å². The lowest BCUT2D eigenvalue weighted by molar-refractivity contribution is 0.819. The summed E-state index contributed by atoms with van der Waals surface area (Å²) >= 11 is 1.93. The summed E-state index contributed by atoms with van der Waals surface area (Å²) in [6, 6.07) is 36.8.